The molecule has 0 bridgehead atoms. The van der Waals surface area contributed by atoms with Crippen molar-refractivity contribution >= 4 is 53.2 Å². The molecule has 1 saturated carbocycles. The monoisotopic (exact) mass is 1150 g/mol. The van der Waals surface area contributed by atoms with E-state index in [1.165, 1.54) is 71.1 Å². The number of benzene rings is 1. The Bertz CT molecular complexity index is 1970. The third-order valence-corrected chi connectivity index (χ3v) is 14.3. The number of primary amides is 1. The maximum atomic E-state index is 13.0. The van der Waals surface area contributed by atoms with E-state index < -0.39 is 41.9 Å². The molecule has 1 aromatic carbocycles. The van der Waals surface area contributed by atoms with Crippen molar-refractivity contribution in [1.82, 2.24) is 31.9 Å². The Kier molecular flexibility index (Phi) is 40.6. The number of carbonyl (C=O) groups excluding carboxylic acids is 7. The van der Waals surface area contributed by atoms with Gasteiger partial charge in [-0.1, -0.05) is 120 Å². The molecule has 6 amide bonds. The number of aryl methyl sites for hydroxylation is 1. The van der Waals surface area contributed by atoms with Gasteiger partial charge in [-0.25, -0.2) is 4.79 Å². The summed E-state index contributed by atoms with van der Waals surface area (Å²) in [7, 11) is 0. The fourth-order valence-corrected chi connectivity index (χ4v) is 9.24. The van der Waals surface area contributed by atoms with Crippen molar-refractivity contribution in [3.63, 3.8) is 0 Å². The quantitative estimate of drug-likeness (QED) is 0.0398. The van der Waals surface area contributed by atoms with E-state index in [0.717, 1.165) is 62.5 Å². The first-order valence-electron chi connectivity index (χ1n) is 29.8. The Hall–Kier alpha value is -5.55. The van der Waals surface area contributed by atoms with Crippen LogP contribution in [0.5, 0.6) is 0 Å². The molecular formula is C59H99N7O15. The summed E-state index contributed by atoms with van der Waals surface area (Å²) < 4.78 is 21.5. The molecule has 10 N–H and O–H groups in total. The molecule has 1 aliphatic rings. The molecule has 1 aliphatic carbocycles. The average Bonchev–Trinajstić information content (AvgIpc) is 3.44. The molecule has 0 aromatic heterocycles. The van der Waals surface area contributed by atoms with Crippen LogP contribution in [0, 0.1) is 18.8 Å². The lowest BCUT2D eigenvalue weighted by molar-refractivity contribution is -0.143. The smallest absolute Gasteiger partial charge is 0.326 e. The molecule has 22 heteroatoms. The number of Topliss-reactive ketones (excluding diaryl/α,β-unsaturated/α-hetero) is 1. The number of ether oxygens (including phenoxy) is 4. The summed E-state index contributed by atoms with van der Waals surface area (Å²) in [5.41, 5.74) is 7.49. The highest BCUT2D eigenvalue weighted by Crippen LogP contribution is 2.29. The second-order valence-electron chi connectivity index (χ2n) is 21.3. The van der Waals surface area contributed by atoms with Crippen molar-refractivity contribution in [3.8, 4) is 0 Å². The van der Waals surface area contributed by atoms with E-state index in [1.54, 1.807) is 0 Å². The normalized spacial score (nSPS) is 15.2. The van der Waals surface area contributed by atoms with E-state index in [-0.39, 0.29) is 133 Å². The summed E-state index contributed by atoms with van der Waals surface area (Å²) in [4.78, 5) is 109. The molecule has 1 aromatic rings. The standard InChI is InChI=1S/C59H99N7O15/c1-44-21-23-46(24-22-44)39-50(57(60)74)63-41-51(67)45(2)65-55(71)43-81-38-36-79-34-32-62-54(70)42-80-37-35-78-33-31-61-53(69)30-29-49(59(76)77)66-58(75)48-27-25-47(26-28-48)40-64-52(68)19-17-15-13-11-9-7-5-3-4-6-8-10-12-14-16-18-20-56(72)73/h21-24,45,47-50,63H,3-20,25-43H2,1-2H3,(H2,60,74)(H,61,69)(H,62,70)(H,64,68)(H,65,71)(H,66,75)(H,72,73)(H,76,77)/t45-,47?,48?,49-,50-/m0/s1. The van der Waals surface area contributed by atoms with Gasteiger partial charge in [-0.05, 0) is 76.7 Å². The van der Waals surface area contributed by atoms with Crippen LogP contribution in [-0.4, -0.2) is 161 Å². The average molecular weight is 1150 g/mol. The molecular weight excluding hydrogens is 1050 g/mol. The summed E-state index contributed by atoms with van der Waals surface area (Å²) in [5.74, 6) is -4.39. The SMILES string of the molecule is Cc1ccc(C[C@H](NCC(=O)[C@H](C)NC(=O)COCCOCCNC(=O)COCCOCCNC(=O)CC[C@H](NC(=O)C2CCC(CNC(=O)CCCCCCCCCCCCCCCCCCC(=O)O)CC2)C(=O)O)C(N)=O)cc1. The van der Waals surface area contributed by atoms with Crippen LogP contribution in [0.3, 0.4) is 0 Å². The van der Waals surface area contributed by atoms with E-state index in [0.29, 0.717) is 32.2 Å². The van der Waals surface area contributed by atoms with Gasteiger partial charge in [0.05, 0.1) is 58.3 Å². The number of nitrogens with two attached hydrogens (primary N) is 1. The van der Waals surface area contributed by atoms with Gasteiger partial charge >= 0.3 is 11.9 Å². The number of hydrogen-bond donors (Lipinski definition) is 9. The maximum absolute atomic E-state index is 13.0. The molecule has 81 heavy (non-hydrogen) atoms. The highest BCUT2D eigenvalue weighted by Gasteiger charge is 2.30. The van der Waals surface area contributed by atoms with Crippen LogP contribution in [0.2, 0.25) is 0 Å². The van der Waals surface area contributed by atoms with E-state index in [4.69, 9.17) is 29.8 Å². The zero-order chi connectivity index (χ0) is 59.3. The predicted octanol–water partition coefficient (Wildman–Crippen LogP) is 4.73. The lowest BCUT2D eigenvalue weighted by Gasteiger charge is -2.28. The predicted molar refractivity (Wildman–Crippen MR) is 306 cm³/mol. The Morgan fingerprint density at radius 1 is 0.556 bits per heavy atom. The highest BCUT2D eigenvalue weighted by atomic mass is 16.5. The third-order valence-electron chi connectivity index (χ3n) is 14.3. The first kappa shape index (κ1) is 71.6. The molecule has 2 rings (SSSR count). The molecule has 0 radical (unpaired) electrons. The topological polar surface area (TPSA) is 329 Å². The number of unbranched alkanes of at least 4 members (excludes halogenated alkanes) is 15. The minimum Gasteiger partial charge on any atom is -0.481 e. The number of rotatable bonds is 51. The molecule has 460 valence electrons. The molecule has 1 fully saturated rings. The molecule has 0 unspecified atom stereocenters. The Morgan fingerprint density at radius 3 is 1.56 bits per heavy atom. The number of carbonyl (C=O) groups is 9. The fourth-order valence-electron chi connectivity index (χ4n) is 9.24. The van der Waals surface area contributed by atoms with Crippen LogP contribution in [-0.2, 0) is 68.5 Å². The number of carboxylic acids is 2. The van der Waals surface area contributed by atoms with Crippen molar-refractivity contribution in [3.05, 3.63) is 35.4 Å². The number of amides is 6. The Balaban J connectivity index is 1.38. The van der Waals surface area contributed by atoms with E-state index in [2.05, 4.69) is 31.9 Å². The molecule has 3 atom stereocenters. The van der Waals surface area contributed by atoms with Gasteiger partial charge in [0.2, 0.25) is 35.4 Å². The van der Waals surface area contributed by atoms with Gasteiger partial charge in [0, 0.05) is 44.8 Å². The Labute approximate surface area is 480 Å². The van der Waals surface area contributed by atoms with Gasteiger partial charge in [-0.2, -0.15) is 0 Å². The number of aliphatic carboxylic acids is 2. The van der Waals surface area contributed by atoms with Gasteiger partial charge in [0.25, 0.3) is 0 Å². The van der Waals surface area contributed by atoms with E-state index in [9.17, 15) is 48.3 Å². The van der Waals surface area contributed by atoms with Gasteiger partial charge in [-0.3, -0.25) is 43.7 Å². The second-order valence-corrected chi connectivity index (χ2v) is 21.3. The first-order chi connectivity index (χ1) is 39.0. The fraction of sp³-hybridized carbons (Fsp3) is 0.746. The number of carboxylic acid groups (broad SMARTS) is 2. The lowest BCUT2D eigenvalue weighted by atomic mass is 9.81. The van der Waals surface area contributed by atoms with Crippen molar-refractivity contribution in [2.24, 2.45) is 17.6 Å². The number of ketones is 1. The molecule has 22 nitrogen and oxygen atoms in total. The van der Waals surface area contributed by atoms with Crippen LogP contribution in [0.25, 0.3) is 0 Å². The third kappa shape index (κ3) is 38.7. The Morgan fingerprint density at radius 2 is 1.04 bits per heavy atom. The van der Waals surface area contributed by atoms with Crippen LogP contribution in [0.1, 0.15) is 172 Å². The zero-order valence-corrected chi connectivity index (χ0v) is 48.6. The maximum Gasteiger partial charge on any atom is 0.326 e. The minimum absolute atomic E-state index is 0.0618. The van der Waals surface area contributed by atoms with Crippen LogP contribution in [0.15, 0.2) is 24.3 Å². The number of nitrogens with one attached hydrogen (secondary N) is 6. The number of hydrogen-bond acceptors (Lipinski definition) is 14. The van der Waals surface area contributed by atoms with Crippen LogP contribution >= 0.6 is 0 Å². The lowest BCUT2D eigenvalue weighted by Crippen LogP contribution is -2.49. The van der Waals surface area contributed by atoms with Crippen molar-refractivity contribution in [2.75, 3.05) is 79.0 Å². The van der Waals surface area contributed by atoms with Gasteiger partial charge in [-0.15, -0.1) is 0 Å². The summed E-state index contributed by atoms with van der Waals surface area (Å²) in [6.45, 7) is 4.71. The van der Waals surface area contributed by atoms with Crippen molar-refractivity contribution < 1.29 is 72.3 Å². The summed E-state index contributed by atoms with van der Waals surface area (Å²) in [6.07, 6.45) is 22.3. The van der Waals surface area contributed by atoms with Crippen LogP contribution < -0.4 is 37.6 Å². The molecule has 0 heterocycles. The second kappa shape index (κ2) is 46.0. The minimum atomic E-state index is -1.21. The molecule has 0 spiro atoms. The molecule has 0 aliphatic heterocycles. The molecule has 0 saturated heterocycles. The summed E-state index contributed by atoms with van der Waals surface area (Å²) in [5, 5.41) is 34.9. The van der Waals surface area contributed by atoms with Crippen molar-refractivity contribution in [1.29, 1.82) is 0 Å². The van der Waals surface area contributed by atoms with Gasteiger partial charge in [0.15, 0.2) is 5.78 Å². The first-order valence-corrected chi connectivity index (χ1v) is 29.8. The van der Waals surface area contributed by atoms with E-state index >= 15 is 0 Å². The largest absolute Gasteiger partial charge is 0.481 e. The van der Waals surface area contributed by atoms with Gasteiger partial charge in [0.1, 0.15) is 19.3 Å². The highest BCUT2D eigenvalue weighted by molar-refractivity contribution is 5.91. The zero-order valence-electron chi connectivity index (χ0n) is 48.6. The van der Waals surface area contributed by atoms with Crippen LogP contribution in [0.4, 0.5) is 0 Å². The van der Waals surface area contributed by atoms with E-state index in [1.807, 2.05) is 31.2 Å². The summed E-state index contributed by atoms with van der Waals surface area (Å²) in [6, 6.07) is 4.86. The van der Waals surface area contributed by atoms with Crippen molar-refractivity contribution in [2.45, 2.75) is 192 Å². The summed E-state index contributed by atoms with van der Waals surface area (Å²) >= 11 is 0. The van der Waals surface area contributed by atoms with Gasteiger partial charge < -0.3 is 61.5 Å².